The van der Waals surface area contributed by atoms with Gasteiger partial charge >= 0.3 is 4.61 Å². The van der Waals surface area contributed by atoms with Crippen LogP contribution in [0.2, 0.25) is 10.3 Å². The summed E-state index contributed by atoms with van der Waals surface area (Å²) in [5.41, 5.74) is 12.8. The second-order valence-electron chi connectivity index (χ2n) is 5.39. The van der Waals surface area contributed by atoms with E-state index in [1.165, 1.54) is 12.4 Å². The molecule has 10 nitrogen and oxygen atoms in total. The van der Waals surface area contributed by atoms with Crippen molar-refractivity contribution in [3.05, 3.63) is 101 Å². The number of hydrogen-bond donors (Lipinski definition) is 2. The fourth-order valence-electron chi connectivity index (χ4n) is 1.85. The summed E-state index contributed by atoms with van der Waals surface area (Å²) in [7, 11) is 0. The predicted octanol–water partition coefficient (Wildman–Crippen LogP) is 3.43. The van der Waals surface area contributed by atoms with Crippen LogP contribution in [-0.4, -0.2) is 19.8 Å². The molecule has 0 radical (unpaired) electrons. The van der Waals surface area contributed by atoms with Crippen molar-refractivity contribution in [3.8, 4) is 0 Å². The van der Waals surface area contributed by atoms with Gasteiger partial charge in [0.25, 0.3) is 6.20 Å². The highest BCUT2D eigenvalue weighted by Crippen LogP contribution is 2.14. The van der Waals surface area contributed by atoms with E-state index < -0.39 is 9.85 Å². The van der Waals surface area contributed by atoms with E-state index in [2.05, 4.69) is 25.9 Å². The Morgan fingerprint density at radius 1 is 1.00 bits per heavy atom. The number of allylic oxidation sites excluding steroid dienone is 2. The van der Waals surface area contributed by atoms with Gasteiger partial charge in [-0.05, 0) is 23.3 Å². The summed E-state index contributed by atoms with van der Waals surface area (Å²) >= 11 is 13.9. The average Bonchev–Trinajstić information content (AvgIpc) is 2.64. The zero-order chi connectivity index (χ0) is 22.0. The molecule has 29 heavy (non-hydrogen) atoms. The van der Waals surface area contributed by atoms with Crippen molar-refractivity contribution in [3.63, 3.8) is 0 Å². The maximum atomic E-state index is 10.4. The minimum Gasteiger partial charge on any atom is -0.397 e. The number of halogens is 3. The van der Waals surface area contributed by atoms with Crippen molar-refractivity contribution in [2.75, 3.05) is 0 Å². The predicted molar refractivity (Wildman–Crippen MR) is 112 cm³/mol. The zero-order valence-electron chi connectivity index (χ0n) is 14.7. The minimum atomic E-state index is -0.585. The number of nitro groups is 2. The molecule has 0 spiro atoms. The van der Waals surface area contributed by atoms with Crippen LogP contribution in [0.25, 0.3) is 0 Å². The maximum absolute atomic E-state index is 10.4. The first kappa shape index (κ1) is 24.3. The summed E-state index contributed by atoms with van der Waals surface area (Å²) in [6.07, 6.45) is 4.38. The van der Waals surface area contributed by atoms with Gasteiger partial charge in [-0.3, -0.25) is 20.2 Å². The Morgan fingerprint density at radius 2 is 1.48 bits per heavy atom. The van der Waals surface area contributed by atoms with Gasteiger partial charge in [-0.25, -0.2) is 9.97 Å². The second kappa shape index (κ2) is 11.9. The maximum Gasteiger partial charge on any atom is 0.329 e. The quantitative estimate of drug-likeness (QED) is 0.260. The fourth-order valence-corrected chi connectivity index (χ4v) is 2.21. The molecular weight excluding hydrogens is 491 g/mol. The molecule has 0 fully saturated rings. The highest BCUT2D eigenvalue weighted by Gasteiger charge is 2.12. The number of rotatable bonds is 6. The first-order chi connectivity index (χ1) is 13.6. The lowest BCUT2D eigenvalue weighted by Crippen LogP contribution is -2.08. The molecule has 2 heterocycles. The van der Waals surface area contributed by atoms with E-state index in [1.807, 2.05) is 0 Å². The second-order valence-corrected chi connectivity index (χ2v) is 6.92. The van der Waals surface area contributed by atoms with Crippen molar-refractivity contribution >= 4 is 39.1 Å². The summed E-state index contributed by atoms with van der Waals surface area (Å²) < 4.78 is -0.225. The van der Waals surface area contributed by atoms with E-state index in [4.69, 9.17) is 34.7 Å². The van der Waals surface area contributed by atoms with Crippen molar-refractivity contribution in [2.45, 2.75) is 12.8 Å². The summed E-state index contributed by atoms with van der Waals surface area (Å²) in [5, 5.41) is 21.2. The first-order valence-corrected chi connectivity index (χ1v) is 9.22. The van der Waals surface area contributed by atoms with E-state index in [-0.39, 0.29) is 22.4 Å². The van der Waals surface area contributed by atoms with Gasteiger partial charge in [-0.1, -0.05) is 35.3 Å². The molecular formula is C16H15BrCl2N6O4. The lowest BCUT2D eigenvalue weighted by atomic mass is 10.2. The molecule has 13 heteroatoms. The van der Waals surface area contributed by atoms with Gasteiger partial charge in [0, 0.05) is 41.2 Å². The molecule has 2 aromatic rings. The molecule has 0 amide bonds. The van der Waals surface area contributed by atoms with Gasteiger partial charge in [0.1, 0.15) is 10.3 Å². The van der Waals surface area contributed by atoms with Crippen molar-refractivity contribution < 1.29 is 9.85 Å². The third-order valence-electron chi connectivity index (χ3n) is 3.08. The van der Waals surface area contributed by atoms with Crippen LogP contribution in [0.4, 0.5) is 0 Å². The monoisotopic (exact) mass is 504 g/mol. The number of aromatic nitrogens is 2. The molecule has 154 valence electrons. The van der Waals surface area contributed by atoms with Crippen LogP contribution < -0.4 is 11.5 Å². The Balaban J connectivity index is 0.000000291. The van der Waals surface area contributed by atoms with E-state index in [9.17, 15) is 20.2 Å². The van der Waals surface area contributed by atoms with Crippen LogP contribution in [0.3, 0.4) is 0 Å². The lowest BCUT2D eigenvalue weighted by Gasteiger charge is -2.00. The van der Waals surface area contributed by atoms with Crippen LogP contribution in [-0.2, 0) is 12.8 Å². The van der Waals surface area contributed by atoms with Crippen molar-refractivity contribution in [1.82, 2.24) is 9.97 Å². The molecule has 0 saturated carbocycles. The van der Waals surface area contributed by atoms with Gasteiger partial charge in [-0.15, -0.1) is 0 Å². The molecule has 2 aromatic heterocycles. The molecule has 4 N–H and O–H groups in total. The Labute approximate surface area is 183 Å². The molecule has 0 aromatic carbocycles. The van der Waals surface area contributed by atoms with Crippen LogP contribution in [0.15, 0.2) is 58.9 Å². The van der Waals surface area contributed by atoms with Crippen molar-refractivity contribution in [2.24, 2.45) is 11.5 Å². The van der Waals surface area contributed by atoms with Crippen LogP contribution in [0.5, 0.6) is 0 Å². The SMILES string of the molecule is N/C(=C/[N+](=O)[O-])Cc1ccc(Cl)nc1.N/C(Cc1ccc(Cl)nc1)=C(/Br)[N+](=O)[O-]. The molecule has 0 aliphatic heterocycles. The van der Waals surface area contributed by atoms with Crippen LogP contribution in [0.1, 0.15) is 11.1 Å². The van der Waals surface area contributed by atoms with E-state index >= 15 is 0 Å². The normalized spacial score (nSPS) is 11.8. The summed E-state index contributed by atoms with van der Waals surface area (Å²) in [4.78, 5) is 26.9. The number of nitrogens with zero attached hydrogens (tertiary/aromatic N) is 4. The number of nitrogens with two attached hydrogens (primary N) is 2. The topological polar surface area (TPSA) is 164 Å². The number of pyridine rings is 2. The smallest absolute Gasteiger partial charge is 0.329 e. The Bertz CT molecular complexity index is 920. The summed E-state index contributed by atoms with van der Waals surface area (Å²) in [6, 6.07) is 6.64. The van der Waals surface area contributed by atoms with E-state index in [1.54, 1.807) is 24.3 Å². The summed E-state index contributed by atoms with van der Waals surface area (Å²) in [6.45, 7) is 0. The van der Waals surface area contributed by atoms with Gasteiger partial charge in [0.05, 0.1) is 21.2 Å². The largest absolute Gasteiger partial charge is 0.397 e. The molecule has 2 rings (SSSR count). The fraction of sp³-hybridized carbons (Fsp3) is 0.125. The lowest BCUT2D eigenvalue weighted by molar-refractivity contribution is -0.410. The molecule has 0 unspecified atom stereocenters. The van der Waals surface area contributed by atoms with Crippen LogP contribution >= 0.6 is 39.1 Å². The highest BCUT2D eigenvalue weighted by molar-refractivity contribution is 9.11. The van der Waals surface area contributed by atoms with E-state index in [0.29, 0.717) is 16.7 Å². The highest BCUT2D eigenvalue weighted by atomic mass is 79.9. The van der Waals surface area contributed by atoms with E-state index in [0.717, 1.165) is 17.3 Å². The average molecular weight is 506 g/mol. The van der Waals surface area contributed by atoms with Gasteiger partial charge in [0.15, 0.2) is 0 Å². The molecule has 0 atom stereocenters. The third kappa shape index (κ3) is 9.83. The molecule has 0 aliphatic carbocycles. The van der Waals surface area contributed by atoms with Crippen LogP contribution in [0, 0.1) is 20.2 Å². The van der Waals surface area contributed by atoms with Gasteiger partial charge in [-0.2, -0.15) is 0 Å². The summed E-state index contributed by atoms with van der Waals surface area (Å²) in [5.74, 6) is 0. The first-order valence-electron chi connectivity index (χ1n) is 7.67. The Morgan fingerprint density at radius 3 is 1.86 bits per heavy atom. The van der Waals surface area contributed by atoms with Gasteiger partial charge in [0.2, 0.25) is 0 Å². The van der Waals surface area contributed by atoms with Gasteiger partial charge < -0.3 is 11.5 Å². The standard InChI is InChI=1S/C8H7BrClN3O2.C8H8ClN3O2/c9-8(13(14)15)6(11)3-5-1-2-7(10)12-4-5;9-8-2-1-6(4-11-8)3-7(10)5-12(13)14/h1-2,4H,3,11H2;1-2,4-5H,3,10H2/b8-6-;7-5+. The number of hydrogen-bond acceptors (Lipinski definition) is 8. The van der Waals surface area contributed by atoms with Crippen molar-refractivity contribution in [1.29, 1.82) is 0 Å². The third-order valence-corrected chi connectivity index (χ3v) is 4.32. The Kier molecular flexibility index (Phi) is 10.00. The minimum absolute atomic E-state index is 0.143. The molecule has 0 aliphatic rings. The molecule has 0 bridgehead atoms. The molecule has 0 saturated heterocycles. The Hall–Kier alpha value is -2.76. The zero-order valence-corrected chi connectivity index (χ0v) is 17.8.